The van der Waals surface area contributed by atoms with E-state index in [0.29, 0.717) is 0 Å². The molecule has 1 N–H and O–H groups in total. The van der Waals surface area contributed by atoms with Crippen molar-refractivity contribution in [3.8, 4) is 0 Å². The maximum absolute atomic E-state index is 6.23. The van der Waals surface area contributed by atoms with E-state index in [1.54, 1.807) is 0 Å². The van der Waals surface area contributed by atoms with Crippen molar-refractivity contribution in [3.05, 3.63) is 28.8 Å². The van der Waals surface area contributed by atoms with Gasteiger partial charge in [-0.15, -0.1) is 12.4 Å². The quantitative estimate of drug-likeness (QED) is 0.921. The van der Waals surface area contributed by atoms with Crippen molar-refractivity contribution in [1.29, 1.82) is 0 Å². The van der Waals surface area contributed by atoms with E-state index in [4.69, 9.17) is 11.6 Å². The molecule has 0 bridgehead atoms. The van der Waals surface area contributed by atoms with Gasteiger partial charge in [-0.1, -0.05) is 23.7 Å². The molecule has 0 saturated carbocycles. The molecule has 1 aromatic carbocycles. The molecule has 5 heteroatoms. The van der Waals surface area contributed by atoms with Crippen LogP contribution in [0, 0.1) is 6.92 Å². The third-order valence-electron chi connectivity index (χ3n) is 3.04. The fourth-order valence-corrected chi connectivity index (χ4v) is 2.19. The minimum absolute atomic E-state index is 0. The molecular weight excluding hydrogens is 269 g/mol. The number of nitrogens with zero attached hydrogens (tertiary/aromatic N) is 2. The lowest BCUT2D eigenvalue weighted by Crippen LogP contribution is -2.32. The van der Waals surface area contributed by atoms with Crippen LogP contribution in [0.5, 0.6) is 0 Å². The number of anilines is 1. The molecule has 2 rings (SSSR count). The van der Waals surface area contributed by atoms with Gasteiger partial charge in [0, 0.05) is 13.1 Å². The first-order valence-electron chi connectivity index (χ1n) is 5.99. The Kier molecular flexibility index (Phi) is 5.76. The van der Waals surface area contributed by atoms with Gasteiger partial charge in [-0.05, 0) is 25.5 Å². The standard InChI is InChI=1S/C13H18ClN3.ClH/c1-3-17-8-7-15-12(17)9-16-11-6-4-5-10(2)13(11)14;/h4-6,16H,3,7-9H2,1-2H3;1H. The molecular formula is C13H19Cl2N3. The number of aryl methyl sites for hydroxylation is 1. The summed E-state index contributed by atoms with van der Waals surface area (Å²) in [6.45, 7) is 7.87. The molecule has 18 heavy (non-hydrogen) atoms. The largest absolute Gasteiger partial charge is 0.377 e. The van der Waals surface area contributed by atoms with Crippen LogP contribution < -0.4 is 5.32 Å². The van der Waals surface area contributed by atoms with Crippen LogP contribution >= 0.6 is 24.0 Å². The van der Waals surface area contributed by atoms with Crippen LogP contribution in [0.25, 0.3) is 0 Å². The van der Waals surface area contributed by atoms with Crippen LogP contribution in [0.4, 0.5) is 5.69 Å². The summed E-state index contributed by atoms with van der Waals surface area (Å²) < 4.78 is 0. The highest BCUT2D eigenvalue weighted by Crippen LogP contribution is 2.24. The molecule has 3 nitrogen and oxygen atoms in total. The first kappa shape index (κ1) is 15.1. The maximum atomic E-state index is 6.23. The average Bonchev–Trinajstić information content (AvgIpc) is 2.78. The Morgan fingerprint density at radius 3 is 2.94 bits per heavy atom. The molecule has 1 aromatic rings. The van der Waals surface area contributed by atoms with Gasteiger partial charge in [0.25, 0.3) is 0 Å². The maximum Gasteiger partial charge on any atom is 0.118 e. The minimum atomic E-state index is 0. The molecule has 0 radical (unpaired) electrons. The predicted molar refractivity (Wildman–Crippen MR) is 81.5 cm³/mol. The third-order valence-corrected chi connectivity index (χ3v) is 3.54. The Labute approximate surface area is 120 Å². The van der Waals surface area contributed by atoms with Crippen molar-refractivity contribution in [2.45, 2.75) is 13.8 Å². The van der Waals surface area contributed by atoms with Crippen molar-refractivity contribution in [3.63, 3.8) is 0 Å². The van der Waals surface area contributed by atoms with Crippen LogP contribution in [0.2, 0.25) is 5.02 Å². The number of benzene rings is 1. The molecule has 0 fully saturated rings. The normalized spacial score (nSPS) is 14.2. The number of halogens is 2. The topological polar surface area (TPSA) is 27.6 Å². The molecule has 1 aliphatic heterocycles. The van der Waals surface area contributed by atoms with Crippen LogP contribution in [-0.4, -0.2) is 36.9 Å². The average molecular weight is 288 g/mol. The molecule has 0 amide bonds. The second kappa shape index (κ2) is 6.86. The molecule has 0 spiro atoms. The third kappa shape index (κ3) is 3.30. The second-order valence-electron chi connectivity index (χ2n) is 4.17. The van der Waals surface area contributed by atoms with Gasteiger partial charge in [-0.25, -0.2) is 0 Å². The number of hydrogen-bond acceptors (Lipinski definition) is 3. The van der Waals surface area contributed by atoms with Crippen molar-refractivity contribution in [1.82, 2.24) is 4.90 Å². The van der Waals surface area contributed by atoms with Gasteiger partial charge in [0.1, 0.15) is 5.84 Å². The lowest BCUT2D eigenvalue weighted by Gasteiger charge is -2.19. The van der Waals surface area contributed by atoms with E-state index >= 15 is 0 Å². The second-order valence-corrected chi connectivity index (χ2v) is 4.55. The Morgan fingerprint density at radius 1 is 1.44 bits per heavy atom. The van der Waals surface area contributed by atoms with E-state index in [9.17, 15) is 0 Å². The predicted octanol–water partition coefficient (Wildman–Crippen LogP) is 3.22. The van der Waals surface area contributed by atoms with E-state index in [2.05, 4.69) is 22.1 Å². The zero-order valence-electron chi connectivity index (χ0n) is 10.7. The summed E-state index contributed by atoms with van der Waals surface area (Å²) in [6, 6.07) is 6.03. The zero-order valence-corrected chi connectivity index (χ0v) is 12.3. The van der Waals surface area contributed by atoms with Crippen LogP contribution in [0.15, 0.2) is 23.2 Å². The molecule has 100 valence electrons. The fraction of sp³-hybridized carbons (Fsp3) is 0.462. The van der Waals surface area contributed by atoms with Crippen LogP contribution in [-0.2, 0) is 0 Å². The molecule has 1 aliphatic rings. The van der Waals surface area contributed by atoms with Gasteiger partial charge in [0.05, 0.1) is 23.8 Å². The molecule has 0 saturated heterocycles. The molecule has 0 atom stereocenters. The van der Waals surface area contributed by atoms with Gasteiger partial charge in [0.15, 0.2) is 0 Å². The van der Waals surface area contributed by atoms with Gasteiger partial charge in [-0.3, -0.25) is 4.99 Å². The lowest BCUT2D eigenvalue weighted by atomic mass is 10.2. The smallest absolute Gasteiger partial charge is 0.118 e. The van der Waals surface area contributed by atoms with Gasteiger partial charge in [0.2, 0.25) is 0 Å². The summed E-state index contributed by atoms with van der Waals surface area (Å²) in [7, 11) is 0. The highest BCUT2D eigenvalue weighted by Gasteiger charge is 2.14. The summed E-state index contributed by atoms with van der Waals surface area (Å²) in [5, 5.41) is 4.16. The Hall–Kier alpha value is -0.930. The number of hydrogen-bond donors (Lipinski definition) is 1. The summed E-state index contributed by atoms with van der Waals surface area (Å²) in [5.41, 5.74) is 2.08. The zero-order chi connectivity index (χ0) is 12.3. The van der Waals surface area contributed by atoms with Gasteiger partial charge in [-0.2, -0.15) is 0 Å². The minimum Gasteiger partial charge on any atom is -0.377 e. The monoisotopic (exact) mass is 287 g/mol. The Balaban J connectivity index is 0.00000162. The van der Waals surface area contributed by atoms with Gasteiger partial charge < -0.3 is 10.2 Å². The SMILES string of the molecule is CCN1CCN=C1CNc1cccc(C)c1Cl.Cl. The van der Waals surface area contributed by atoms with Crippen molar-refractivity contribution >= 4 is 35.5 Å². The molecule has 0 aromatic heterocycles. The summed E-state index contributed by atoms with van der Waals surface area (Å²) in [4.78, 5) is 6.78. The first-order chi connectivity index (χ1) is 8.22. The van der Waals surface area contributed by atoms with Crippen LogP contribution in [0.3, 0.4) is 0 Å². The Morgan fingerprint density at radius 2 is 2.22 bits per heavy atom. The lowest BCUT2D eigenvalue weighted by molar-refractivity contribution is 0.479. The Bertz CT molecular complexity index is 432. The fourth-order valence-electron chi connectivity index (χ4n) is 2.00. The van der Waals surface area contributed by atoms with Crippen molar-refractivity contribution in [2.75, 3.05) is 31.5 Å². The number of aliphatic imine (C=N–C) groups is 1. The van der Waals surface area contributed by atoms with Crippen LogP contribution in [0.1, 0.15) is 12.5 Å². The molecule has 1 heterocycles. The summed E-state index contributed by atoms with van der Waals surface area (Å²) in [6.07, 6.45) is 0. The molecule has 0 aliphatic carbocycles. The van der Waals surface area contributed by atoms with E-state index in [1.807, 2.05) is 25.1 Å². The number of nitrogens with one attached hydrogen (secondary N) is 1. The summed E-state index contributed by atoms with van der Waals surface area (Å²) in [5.74, 6) is 1.13. The molecule has 0 unspecified atom stereocenters. The van der Waals surface area contributed by atoms with E-state index in [1.165, 1.54) is 0 Å². The summed E-state index contributed by atoms with van der Waals surface area (Å²) >= 11 is 6.23. The van der Waals surface area contributed by atoms with E-state index < -0.39 is 0 Å². The number of amidine groups is 1. The first-order valence-corrected chi connectivity index (χ1v) is 6.37. The number of rotatable bonds is 4. The van der Waals surface area contributed by atoms with E-state index in [-0.39, 0.29) is 12.4 Å². The highest BCUT2D eigenvalue weighted by atomic mass is 35.5. The van der Waals surface area contributed by atoms with Crippen molar-refractivity contribution < 1.29 is 0 Å². The highest BCUT2D eigenvalue weighted by molar-refractivity contribution is 6.34. The van der Waals surface area contributed by atoms with Crippen molar-refractivity contribution in [2.24, 2.45) is 4.99 Å². The van der Waals surface area contributed by atoms with E-state index in [0.717, 1.165) is 48.3 Å². The number of likely N-dealkylation sites (N-methyl/N-ethyl adjacent to an activating group) is 1. The van der Waals surface area contributed by atoms with Gasteiger partial charge >= 0.3 is 0 Å².